The summed E-state index contributed by atoms with van der Waals surface area (Å²) in [6.07, 6.45) is 3.23. The lowest BCUT2D eigenvalue weighted by Crippen LogP contribution is -2.54. The van der Waals surface area contributed by atoms with E-state index in [2.05, 4.69) is 22.3 Å². The highest BCUT2D eigenvalue weighted by Gasteiger charge is 2.51. The molecule has 226 valence electrons. The number of nitrogens with one attached hydrogen (secondary N) is 1. The lowest BCUT2D eigenvalue weighted by molar-refractivity contribution is -0.139. The predicted molar refractivity (Wildman–Crippen MR) is 163 cm³/mol. The van der Waals surface area contributed by atoms with Gasteiger partial charge in [-0.3, -0.25) is 14.5 Å². The molecule has 0 aromatic heterocycles. The lowest BCUT2D eigenvalue weighted by Gasteiger charge is -2.43. The smallest absolute Gasteiger partial charge is 0.229 e. The van der Waals surface area contributed by atoms with Crippen LogP contribution in [-0.2, 0) is 21.2 Å². The number of benzene rings is 3. The summed E-state index contributed by atoms with van der Waals surface area (Å²) >= 11 is 0. The number of hydrogen-bond acceptors (Lipinski definition) is 6. The molecule has 3 aromatic carbocycles. The first-order valence-electron chi connectivity index (χ1n) is 15.0. The van der Waals surface area contributed by atoms with Crippen molar-refractivity contribution in [2.24, 2.45) is 11.3 Å². The molecule has 3 heterocycles. The Morgan fingerprint density at radius 3 is 2.26 bits per heavy atom. The van der Waals surface area contributed by atoms with Crippen LogP contribution < -0.4 is 5.32 Å². The lowest BCUT2D eigenvalue weighted by atomic mass is 9.74. The molecule has 0 bridgehead atoms. The maximum absolute atomic E-state index is 14.9. The zero-order valence-corrected chi connectivity index (χ0v) is 25.2. The van der Waals surface area contributed by atoms with E-state index in [1.807, 2.05) is 23.1 Å². The van der Waals surface area contributed by atoms with Crippen molar-refractivity contribution < 1.29 is 22.4 Å². The Kier molecular flexibility index (Phi) is 8.24. The van der Waals surface area contributed by atoms with E-state index < -0.39 is 27.1 Å². The van der Waals surface area contributed by atoms with Crippen LogP contribution in [0.15, 0.2) is 83.8 Å². The number of carbonyl (C=O) groups excluding carboxylic acids is 2. The zero-order chi connectivity index (χ0) is 30.2. The second-order valence-electron chi connectivity index (χ2n) is 12.3. The molecule has 7 nitrogen and oxygen atoms in total. The number of ketones is 1. The molecule has 1 N–H and O–H groups in total. The number of halogens is 1. The van der Waals surface area contributed by atoms with Gasteiger partial charge in [0.25, 0.3) is 0 Å². The van der Waals surface area contributed by atoms with Crippen molar-refractivity contribution in [2.45, 2.75) is 42.7 Å². The van der Waals surface area contributed by atoms with Crippen LogP contribution in [0, 0.1) is 17.2 Å². The fraction of sp³-hybridized carbons (Fsp3) is 0.412. The maximum atomic E-state index is 14.9. The molecule has 3 aromatic rings. The van der Waals surface area contributed by atoms with Crippen LogP contribution in [-0.4, -0.2) is 74.9 Å². The first-order valence-corrected chi connectivity index (χ1v) is 16.9. The summed E-state index contributed by atoms with van der Waals surface area (Å²) in [5.41, 5.74) is 1.72. The molecule has 3 aliphatic heterocycles. The van der Waals surface area contributed by atoms with Crippen molar-refractivity contribution in [2.75, 3.05) is 39.0 Å². The fourth-order valence-corrected chi connectivity index (χ4v) is 7.98. The normalized spacial score (nSPS) is 23.1. The average molecular weight is 604 g/mol. The van der Waals surface area contributed by atoms with Gasteiger partial charge in [0.1, 0.15) is 5.82 Å². The van der Waals surface area contributed by atoms with Crippen LogP contribution in [0.25, 0.3) is 0 Å². The second-order valence-corrected chi connectivity index (χ2v) is 14.4. The number of carbonyl (C=O) groups is 2. The van der Waals surface area contributed by atoms with Crippen molar-refractivity contribution in [3.8, 4) is 0 Å². The summed E-state index contributed by atoms with van der Waals surface area (Å²) < 4.78 is 38.6. The Bertz CT molecular complexity index is 1590. The molecule has 43 heavy (non-hydrogen) atoms. The van der Waals surface area contributed by atoms with Crippen LogP contribution in [0.5, 0.6) is 0 Å². The summed E-state index contributed by atoms with van der Waals surface area (Å²) in [4.78, 5) is 32.2. The van der Waals surface area contributed by atoms with Crippen LogP contribution in [0.4, 0.5) is 4.39 Å². The van der Waals surface area contributed by atoms with Crippen LogP contribution in [0.1, 0.15) is 46.7 Å². The van der Waals surface area contributed by atoms with Gasteiger partial charge in [-0.2, -0.15) is 0 Å². The van der Waals surface area contributed by atoms with Gasteiger partial charge in [-0.05, 0) is 67.7 Å². The topological polar surface area (TPSA) is 86.8 Å². The van der Waals surface area contributed by atoms with Gasteiger partial charge in [-0.25, -0.2) is 12.8 Å². The van der Waals surface area contributed by atoms with Crippen molar-refractivity contribution in [1.29, 1.82) is 0 Å². The van der Waals surface area contributed by atoms with E-state index in [1.54, 1.807) is 42.5 Å². The number of piperidine rings is 1. The average Bonchev–Trinajstić information content (AvgIpc) is 3.60. The standard InChI is InChI=1S/C34H38FN3O4S/c1-43(41,42)26-13-11-24(12-14-26)23-38-20-17-34(33(38)40)15-18-37(19-16-34)31(32(39)27-9-5-6-10-30(27)35)29-22-36-21-28(29)25-7-3-2-4-8-25/h2-14,28-29,31,36H,15-23H2,1H3/t28-,29-,31?/m1/s1. The third-order valence-corrected chi connectivity index (χ3v) is 10.9. The summed E-state index contributed by atoms with van der Waals surface area (Å²) in [6, 6.07) is 22.7. The number of amides is 1. The van der Waals surface area contributed by atoms with Crippen LogP contribution in [0.3, 0.4) is 0 Å². The molecule has 1 spiro atoms. The largest absolute Gasteiger partial charge is 0.338 e. The quantitative estimate of drug-likeness (QED) is 0.387. The molecule has 0 radical (unpaired) electrons. The second kappa shape index (κ2) is 11.9. The number of nitrogens with zero attached hydrogens (tertiary/aromatic N) is 2. The van der Waals surface area contributed by atoms with E-state index in [0.717, 1.165) is 18.5 Å². The molecular weight excluding hydrogens is 565 g/mol. The zero-order valence-electron chi connectivity index (χ0n) is 24.4. The summed E-state index contributed by atoms with van der Waals surface area (Å²) in [5.74, 6) is -0.481. The minimum atomic E-state index is -3.28. The summed E-state index contributed by atoms with van der Waals surface area (Å²) in [6.45, 7) is 3.68. The van der Waals surface area contributed by atoms with Crippen molar-refractivity contribution in [3.05, 3.63) is 101 Å². The Balaban J connectivity index is 1.20. The highest BCUT2D eigenvalue weighted by Crippen LogP contribution is 2.44. The highest BCUT2D eigenvalue weighted by atomic mass is 32.2. The maximum Gasteiger partial charge on any atom is 0.229 e. The van der Waals surface area contributed by atoms with Crippen molar-refractivity contribution in [1.82, 2.24) is 15.1 Å². The first kappa shape index (κ1) is 29.7. The van der Waals surface area contributed by atoms with E-state index >= 15 is 0 Å². The minimum Gasteiger partial charge on any atom is -0.338 e. The molecule has 1 unspecified atom stereocenters. The van der Waals surface area contributed by atoms with Gasteiger partial charge >= 0.3 is 0 Å². The van der Waals surface area contributed by atoms with Crippen molar-refractivity contribution >= 4 is 21.5 Å². The van der Waals surface area contributed by atoms with Gasteiger partial charge in [0.15, 0.2) is 15.6 Å². The van der Waals surface area contributed by atoms with Gasteiger partial charge < -0.3 is 10.2 Å². The molecule has 1 amide bonds. The SMILES string of the molecule is CS(=O)(=O)c1ccc(CN2CCC3(CCN(C(C(=O)c4ccccc4F)[C@@H]4CNC[C@@H]4c4ccccc4)CC3)C2=O)cc1. The number of hydrogen-bond donors (Lipinski definition) is 1. The first-order chi connectivity index (χ1) is 20.7. The molecule has 0 saturated carbocycles. The van der Waals surface area contributed by atoms with Gasteiger partial charge in [-0.1, -0.05) is 54.6 Å². The van der Waals surface area contributed by atoms with Gasteiger partial charge in [-0.15, -0.1) is 0 Å². The fourth-order valence-electron chi connectivity index (χ4n) is 7.35. The number of rotatable bonds is 8. The number of likely N-dealkylation sites (tertiary alicyclic amines) is 2. The molecule has 9 heteroatoms. The van der Waals surface area contributed by atoms with Gasteiger partial charge in [0.2, 0.25) is 5.91 Å². The molecule has 6 rings (SSSR count). The highest BCUT2D eigenvalue weighted by molar-refractivity contribution is 7.90. The molecule has 3 atom stereocenters. The van der Waals surface area contributed by atoms with Gasteiger partial charge in [0, 0.05) is 44.3 Å². The summed E-state index contributed by atoms with van der Waals surface area (Å²) in [5, 5.41) is 3.49. The predicted octanol–water partition coefficient (Wildman–Crippen LogP) is 4.30. The Morgan fingerprint density at radius 1 is 0.930 bits per heavy atom. The Hall–Kier alpha value is -3.40. The third kappa shape index (κ3) is 5.90. The number of sulfone groups is 1. The van der Waals surface area contributed by atoms with E-state index in [4.69, 9.17) is 0 Å². The summed E-state index contributed by atoms with van der Waals surface area (Å²) in [7, 11) is -3.28. The monoisotopic (exact) mass is 603 g/mol. The Labute approximate surface area is 253 Å². The molecule has 3 aliphatic rings. The molecule has 3 fully saturated rings. The van der Waals surface area contributed by atoms with E-state index in [0.29, 0.717) is 45.6 Å². The third-order valence-electron chi connectivity index (χ3n) is 9.78. The van der Waals surface area contributed by atoms with Crippen molar-refractivity contribution in [3.63, 3.8) is 0 Å². The van der Waals surface area contributed by atoms with Gasteiger partial charge in [0.05, 0.1) is 21.9 Å². The van der Waals surface area contributed by atoms with E-state index in [-0.39, 0.29) is 34.0 Å². The van der Waals surface area contributed by atoms with Crippen LogP contribution >= 0.6 is 0 Å². The molecule has 0 aliphatic carbocycles. The molecular formula is C34H38FN3O4S. The Morgan fingerprint density at radius 2 is 1.58 bits per heavy atom. The van der Waals surface area contributed by atoms with E-state index in [1.165, 1.54) is 17.9 Å². The minimum absolute atomic E-state index is 0.0331. The molecule has 3 saturated heterocycles. The van der Waals surface area contributed by atoms with Crippen LogP contribution in [0.2, 0.25) is 0 Å². The number of Topliss-reactive ketones (excluding diaryl/α,β-unsaturated/α-hetero) is 1. The van der Waals surface area contributed by atoms with E-state index in [9.17, 15) is 22.4 Å².